The van der Waals surface area contributed by atoms with Crippen LogP contribution in [0.25, 0.3) is 16.0 Å². The highest BCUT2D eigenvalue weighted by molar-refractivity contribution is 7.16. The minimum Gasteiger partial charge on any atom is -0.309 e. The van der Waals surface area contributed by atoms with Gasteiger partial charge in [0.1, 0.15) is 10.5 Å². The molecule has 0 bridgehead atoms. The molecule has 0 saturated heterocycles. The Hall–Kier alpha value is -2.21. The molecule has 0 saturated carbocycles. The SMILES string of the molecule is Cc1nc2c(sc(=N)n2-c2ccccc2)c(=O)[nH]1. The number of rotatable bonds is 1. The lowest BCUT2D eigenvalue weighted by Gasteiger charge is -2.03. The van der Waals surface area contributed by atoms with Crippen molar-refractivity contribution in [1.29, 1.82) is 5.41 Å². The van der Waals surface area contributed by atoms with Crippen LogP contribution >= 0.6 is 11.3 Å². The standard InChI is InChI=1S/C12H10N4OS/c1-7-14-10-9(11(17)15-7)18-12(13)16(10)8-5-3-2-4-6-8/h2-6,13H,1H3,(H,14,15,17). The number of fused-ring (bicyclic) bond motifs is 1. The molecule has 2 aromatic heterocycles. The summed E-state index contributed by atoms with van der Waals surface area (Å²) in [7, 11) is 0. The van der Waals surface area contributed by atoms with Gasteiger partial charge < -0.3 is 4.98 Å². The first-order valence-electron chi connectivity index (χ1n) is 5.39. The van der Waals surface area contributed by atoms with Crippen LogP contribution < -0.4 is 10.4 Å². The Labute approximate surface area is 106 Å². The molecule has 18 heavy (non-hydrogen) atoms. The molecule has 1 aromatic carbocycles. The highest BCUT2D eigenvalue weighted by Gasteiger charge is 2.11. The Morgan fingerprint density at radius 2 is 2.06 bits per heavy atom. The molecule has 0 amide bonds. The highest BCUT2D eigenvalue weighted by atomic mass is 32.1. The zero-order valence-corrected chi connectivity index (χ0v) is 10.4. The van der Waals surface area contributed by atoms with Gasteiger partial charge in [-0.15, -0.1) is 0 Å². The molecule has 0 atom stereocenters. The van der Waals surface area contributed by atoms with Crippen LogP contribution in [0.5, 0.6) is 0 Å². The summed E-state index contributed by atoms with van der Waals surface area (Å²) in [6.07, 6.45) is 0. The molecule has 0 fully saturated rings. The van der Waals surface area contributed by atoms with Crippen LogP contribution in [-0.2, 0) is 0 Å². The second-order valence-electron chi connectivity index (χ2n) is 3.88. The van der Waals surface area contributed by atoms with E-state index in [1.807, 2.05) is 30.3 Å². The van der Waals surface area contributed by atoms with Crippen molar-refractivity contribution in [2.75, 3.05) is 0 Å². The van der Waals surface area contributed by atoms with Gasteiger partial charge in [-0.25, -0.2) is 4.98 Å². The summed E-state index contributed by atoms with van der Waals surface area (Å²) in [6, 6.07) is 9.48. The molecule has 0 aliphatic rings. The fraction of sp³-hybridized carbons (Fsp3) is 0.0833. The van der Waals surface area contributed by atoms with E-state index in [0.717, 1.165) is 17.0 Å². The number of nitrogens with zero attached hydrogens (tertiary/aromatic N) is 2. The molecular formula is C12H10N4OS. The molecule has 0 aliphatic heterocycles. The molecule has 2 N–H and O–H groups in total. The average molecular weight is 258 g/mol. The summed E-state index contributed by atoms with van der Waals surface area (Å²) < 4.78 is 2.16. The van der Waals surface area contributed by atoms with Crippen LogP contribution in [0.3, 0.4) is 0 Å². The normalized spacial score (nSPS) is 10.9. The Bertz CT molecular complexity index is 829. The number of hydrogen-bond donors (Lipinski definition) is 2. The molecule has 0 spiro atoms. The number of aryl methyl sites for hydroxylation is 1. The van der Waals surface area contributed by atoms with Crippen molar-refractivity contribution >= 4 is 21.7 Å². The minimum atomic E-state index is -0.189. The van der Waals surface area contributed by atoms with Crippen LogP contribution in [0.2, 0.25) is 0 Å². The van der Waals surface area contributed by atoms with Gasteiger partial charge in [-0.2, -0.15) is 0 Å². The molecule has 0 unspecified atom stereocenters. The highest BCUT2D eigenvalue weighted by Crippen LogP contribution is 2.15. The number of H-pyrrole nitrogens is 1. The Morgan fingerprint density at radius 3 is 2.78 bits per heavy atom. The van der Waals surface area contributed by atoms with E-state index in [1.165, 1.54) is 0 Å². The van der Waals surface area contributed by atoms with Crippen molar-refractivity contribution in [3.8, 4) is 5.69 Å². The number of benzene rings is 1. The van der Waals surface area contributed by atoms with E-state index in [9.17, 15) is 4.79 Å². The van der Waals surface area contributed by atoms with Gasteiger partial charge in [-0.05, 0) is 19.1 Å². The Balaban J connectivity index is 2.47. The maximum Gasteiger partial charge on any atom is 0.270 e. The monoisotopic (exact) mass is 258 g/mol. The third kappa shape index (κ3) is 1.58. The van der Waals surface area contributed by atoms with Gasteiger partial charge >= 0.3 is 0 Å². The Morgan fingerprint density at radius 1 is 1.33 bits per heavy atom. The number of aromatic nitrogens is 3. The molecule has 0 aliphatic carbocycles. The minimum absolute atomic E-state index is 0.189. The van der Waals surface area contributed by atoms with Crippen LogP contribution in [0.15, 0.2) is 35.1 Å². The van der Waals surface area contributed by atoms with E-state index in [1.54, 1.807) is 11.5 Å². The first kappa shape index (κ1) is 10.9. The van der Waals surface area contributed by atoms with Crippen molar-refractivity contribution in [2.45, 2.75) is 6.92 Å². The summed E-state index contributed by atoms with van der Waals surface area (Å²) in [6.45, 7) is 1.73. The number of hydrogen-bond acceptors (Lipinski definition) is 4. The molecular weight excluding hydrogens is 248 g/mol. The molecule has 3 rings (SSSR count). The second kappa shape index (κ2) is 3.92. The predicted molar refractivity (Wildman–Crippen MR) is 70.2 cm³/mol. The first-order valence-corrected chi connectivity index (χ1v) is 6.21. The number of thiazole rings is 1. The van der Waals surface area contributed by atoms with E-state index >= 15 is 0 Å². The van der Waals surface area contributed by atoms with Gasteiger partial charge in [-0.1, -0.05) is 29.5 Å². The summed E-state index contributed by atoms with van der Waals surface area (Å²) in [5.74, 6) is 0.551. The molecule has 5 nitrogen and oxygen atoms in total. The van der Waals surface area contributed by atoms with Crippen molar-refractivity contribution in [2.24, 2.45) is 0 Å². The van der Waals surface area contributed by atoms with Crippen LogP contribution in [-0.4, -0.2) is 14.5 Å². The van der Waals surface area contributed by atoms with Crippen LogP contribution in [0.1, 0.15) is 5.82 Å². The second-order valence-corrected chi connectivity index (χ2v) is 4.88. The lowest BCUT2D eigenvalue weighted by molar-refractivity contribution is 0.966. The number of aromatic amines is 1. The van der Waals surface area contributed by atoms with Crippen molar-refractivity contribution in [3.63, 3.8) is 0 Å². The average Bonchev–Trinajstić information content (AvgIpc) is 2.67. The van der Waals surface area contributed by atoms with E-state index in [4.69, 9.17) is 5.41 Å². The maximum absolute atomic E-state index is 11.8. The molecule has 90 valence electrons. The van der Waals surface area contributed by atoms with E-state index in [2.05, 4.69) is 9.97 Å². The predicted octanol–water partition coefficient (Wildman–Crippen LogP) is 1.56. The van der Waals surface area contributed by atoms with Crippen LogP contribution in [0, 0.1) is 12.3 Å². The van der Waals surface area contributed by atoms with Gasteiger partial charge in [0.05, 0.1) is 0 Å². The third-order valence-electron chi connectivity index (χ3n) is 2.61. The quantitative estimate of drug-likeness (QED) is 0.695. The summed E-state index contributed by atoms with van der Waals surface area (Å²) in [5.41, 5.74) is 1.19. The van der Waals surface area contributed by atoms with Crippen molar-refractivity contribution < 1.29 is 0 Å². The maximum atomic E-state index is 11.8. The lowest BCUT2D eigenvalue weighted by Crippen LogP contribution is -2.13. The van der Waals surface area contributed by atoms with Crippen molar-refractivity contribution in [1.82, 2.24) is 14.5 Å². The third-order valence-corrected chi connectivity index (χ3v) is 3.55. The zero-order valence-electron chi connectivity index (χ0n) is 9.60. The van der Waals surface area contributed by atoms with E-state index in [0.29, 0.717) is 21.0 Å². The van der Waals surface area contributed by atoms with Gasteiger partial charge in [-0.3, -0.25) is 14.8 Å². The largest absolute Gasteiger partial charge is 0.309 e. The zero-order chi connectivity index (χ0) is 12.7. The van der Waals surface area contributed by atoms with Gasteiger partial charge in [0.15, 0.2) is 10.4 Å². The van der Waals surface area contributed by atoms with Gasteiger partial charge in [0, 0.05) is 5.69 Å². The summed E-state index contributed by atoms with van der Waals surface area (Å²) >= 11 is 1.13. The molecule has 0 radical (unpaired) electrons. The van der Waals surface area contributed by atoms with Crippen molar-refractivity contribution in [3.05, 3.63) is 51.3 Å². The van der Waals surface area contributed by atoms with E-state index < -0.39 is 0 Å². The fourth-order valence-electron chi connectivity index (χ4n) is 1.86. The molecule has 6 heteroatoms. The van der Waals surface area contributed by atoms with Crippen LogP contribution in [0.4, 0.5) is 0 Å². The topological polar surface area (TPSA) is 74.5 Å². The summed E-state index contributed by atoms with van der Waals surface area (Å²) in [5, 5.41) is 7.99. The smallest absolute Gasteiger partial charge is 0.270 e. The van der Waals surface area contributed by atoms with E-state index in [-0.39, 0.29) is 5.56 Å². The van der Waals surface area contributed by atoms with Gasteiger partial charge in [0.2, 0.25) is 0 Å². The fourth-order valence-corrected chi connectivity index (χ4v) is 2.71. The molecule has 3 aromatic rings. The molecule has 2 heterocycles. The lowest BCUT2D eigenvalue weighted by atomic mass is 10.3. The first-order chi connectivity index (χ1) is 8.66. The number of nitrogens with one attached hydrogen (secondary N) is 2. The number of para-hydroxylation sites is 1. The van der Waals surface area contributed by atoms with Gasteiger partial charge in [0.25, 0.3) is 5.56 Å². The Kier molecular flexibility index (Phi) is 2.38. The summed E-state index contributed by atoms with van der Waals surface area (Å²) in [4.78, 5) is 19.1.